The molecule has 0 aliphatic heterocycles. The van der Waals surface area contributed by atoms with Gasteiger partial charge in [-0.15, -0.1) is 11.3 Å². The second-order valence-electron chi connectivity index (χ2n) is 3.61. The lowest BCUT2D eigenvalue weighted by Crippen LogP contribution is -2.39. The largest absolute Gasteiger partial charge is 0.389 e. The highest BCUT2D eigenvalue weighted by Gasteiger charge is 2.20. The fourth-order valence-corrected chi connectivity index (χ4v) is 2.01. The van der Waals surface area contributed by atoms with Gasteiger partial charge in [-0.2, -0.15) is 0 Å². The molecule has 2 nitrogen and oxygen atoms in total. The summed E-state index contributed by atoms with van der Waals surface area (Å²) in [5.74, 6) is 0. The predicted octanol–water partition coefficient (Wildman–Crippen LogP) is 2.39. The van der Waals surface area contributed by atoms with Crippen LogP contribution in [0.15, 0.2) is 17.5 Å². The minimum Gasteiger partial charge on any atom is -0.389 e. The maximum absolute atomic E-state index is 10.00. The van der Waals surface area contributed by atoms with Crippen LogP contribution in [0.1, 0.15) is 31.6 Å². The zero-order valence-corrected chi connectivity index (χ0v) is 9.73. The molecule has 0 fully saturated rings. The van der Waals surface area contributed by atoms with Gasteiger partial charge >= 0.3 is 0 Å². The van der Waals surface area contributed by atoms with E-state index >= 15 is 0 Å². The van der Waals surface area contributed by atoms with Gasteiger partial charge in [0, 0.05) is 18.0 Å². The quantitative estimate of drug-likeness (QED) is 0.760. The minimum atomic E-state index is -0.530. The second kappa shape index (κ2) is 5.49. The van der Waals surface area contributed by atoms with Gasteiger partial charge < -0.3 is 10.4 Å². The first-order valence-corrected chi connectivity index (χ1v) is 6.03. The molecule has 0 saturated carbocycles. The maximum Gasteiger partial charge on any atom is 0.0766 e. The normalized spacial score (nSPS) is 11.9. The smallest absolute Gasteiger partial charge is 0.0766 e. The zero-order chi connectivity index (χ0) is 10.4. The Morgan fingerprint density at radius 2 is 2.14 bits per heavy atom. The molecule has 0 aromatic carbocycles. The third-order valence-electron chi connectivity index (χ3n) is 2.65. The van der Waals surface area contributed by atoms with E-state index < -0.39 is 5.60 Å². The first-order valence-electron chi connectivity index (χ1n) is 5.15. The van der Waals surface area contributed by atoms with Crippen molar-refractivity contribution in [2.75, 3.05) is 6.54 Å². The number of rotatable bonds is 6. The van der Waals surface area contributed by atoms with Crippen molar-refractivity contribution in [1.82, 2.24) is 5.32 Å². The van der Waals surface area contributed by atoms with Crippen molar-refractivity contribution < 1.29 is 5.11 Å². The van der Waals surface area contributed by atoms with Crippen LogP contribution in [0.4, 0.5) is 0 Å². The van der Waals surface area contributed by atoms with Crippen molar-refractivity contribution in [3.8, 4) is 0 Å². The van der Waals surface area contributed by atoms with E-state index in [4.69, 9.17) is 0 Å². The van der Waals surface area contributed by atoms with Crippen LogP contribution >= 0.6 is 11.3 Å². The van der Waals surface area contributed by atoms with Crippen LogP contribution in [0.5, 0.6) is 0 Å². The Morgan fingerprint density at radius 1 is 1.43 bits per heavy atom. The average molecular weight is 213 g/mol. The molecule has 0 spiro atoms. The van der Waals surface area contributed by atoms with Crippen LogP contribution in [0.3, 0.4) is 0 Å². The Labute approximate surface area is 90.0 Å². The summed E-state index contributed by atoms with van der Waals surface area (Å²) in [5.41, 5.74) is -0.530. The van der Waals surface area contributed by atoms with E-state index in [1.54, 1.807) is 11.3 Å². The Hall–Kier alpha value is -0.380. The van der Waals surface area contributed by atoms with Crippen molar-refractivity contribution in [1.29, 1.82) is 0 Å². The molecule has 0 aliphatic rings. The molecule has 0 radical (unpaired) electrons. The first-order chi connectivity index (χ1) is 6.70. The number of thiophene rings is 1. The third kappa shape index (κ3) is 3.40. The van der Waals surface area contributed by atoms with Gasteiger partial charge in [0.25, 0.3) is 0 Å². The van der Waals surface area contributed by atoms with Crippen LogP contribution < -0.4 is 5.32 Å². The van der Waals surface area contributed by atoms with Crippen molar-refractivity contribution in [3.05, 3.63) is 22.4 Å². The number of hydrogen-bond acceptors (Lipinski definition) is 3. The number of hydrogen-bond donors (Lipinski definition) is 2. The summed E-state index contributed by atoms with van der Waals surface area (Å²) < 4.78 is 0. The molecule has 0 amide bonds. The first kappa shape index (κ1) is 11.7. The summed E-state index contributed by atoms with van der Waals surface area (Å²) in [6.07, 6.45) is 1.61. The van der Waals surface area contributed by atoms with Gasteiger partial charge in [0.15, 0.2) is 0 Å². The van der Waals surface area contributed by atoms with E-state index in [-0.39, 0.29) is 0 Å². The molecular weight excluding hydrogens is 194 g/mol. The van der Waals surface area contributed by atoms with E-state index in [9.17, 15) is 5.11 Å². The summed E-state index contributed by atoms with van der Waals surface area (Å²) in [6.45, 7) is 5.59. The highest BCUT2D eigenvalue weighted by atomic mass is 32.1. The summed E-state index contributed by atoms with van der Waals surface area (Å²) >= 11 is 1.74. The van der Waals surface area contributed by atoms with Crippen LogP contribution in [0, 0.1) is 0 Å². The van der Waals surface area contributed by atoms with E-state index in [2.05, 4.69) is 16.8 Å². The highest BCUT2D eigenvalue weighted by molar-refractivity contribution is 7.09. The van der Waals surface area contributed by atoms with Gasteiger partial charge in [-0.3, -0.25) is 0 Å². The lowest BCUT2D eigenvalue weighted by molar-refractivity contribution is 0.0323. The van der Waals surface area contributed by atoms with Gasteiger partial charge in [-0.25, -0.2) is 0 Å². The van der Waals surface area contributed by atoms with Crippen molar-refractivity contribution in [2.45, 2.75) is 38.8 Å². The molecule has 14 heavy (non-hydrogen) atoms. The van der Waals surface area contributed by atoms with Crippen molar-refractivity contribution in [3.63, 3.8) is 0 Å². The van der Waals surface area contributed by atoms with Gasteiger partial charge in [0.2, 0.25) is 0 Å². The molecule has 80 valence electrons. The lowest BCUT2D eigenvalue weighted by atomic mass is 9.98. The van der Waals surface area contributed by atoms with Gasteiger partial charge in [-0.05, 0) is 24.3 Å². The van der Waals surface area contributed by atoms with E-state index in [1.165, 1.54) is 4.88 Å². The SMILES string of the molecule is CCC(O)(CC)CNCc1cccs1. The summed E-state index contributed by atoms with van der Waals surface area (Å²) in [7, 11) is 0. The average Bonchev–Trinajstić information content (AvgIpc) is 2.70. The summed E-state index contributed by atoms with van der Waals surface area (Å²) in [5, 5.41) is 15.4. The van der Waals surface area contributed by atoms with Gasteiger partial charge in [0.05, 0.1) is 5.60 Å². The fraction of sp³-hybridized carbons (Fsp3) is 0.636. The molecule has 2 N–H and O–H groups in total. The van der Waals surface area contributed by atoms with Crippen LogP contribution in [0.2, 0.25) is 0 Å². The number of aliphatic hydroxyl groups is 1. The maximum atomic E-state index is 10.00. The van der Waals surface area contributed by atoms with E-state index in [1.807, 2.05) is 19.9 Å². The predicted molar refractivity (Wildman–Crippen MR) is 61.6 cm³/mol. The molecule has 0 aliphatic carbocycles. The van der Waals surface area contributed by atoms with E-state index in [0.717, 1.165) is 19.4 Å². The monoisotopic (exact) mass is 213 g/mol. The molecular formula is C11H19NOS. The van der Waals surface area contributed by atoms with Crippen LogP contribution in [-0.4, -0.2) is 17.3 Å². The summed E-state index contributed by atoms with van der Waals surface area (Å²) in [6, 6.07) is 4.15. The van der Waals surface area contributed by atoms with Crippen LogP contribution in [-0.2, 0) is 6.54 Å². The fourth-order valence-electron chi connectivity index (χ4n) is 1.33. The molecule has 1 heterocycles. The highest BCUT2D eigenvalue weighted by Crippen LogP contribution is 2.14. The topological polar surface area (TPSA) is 32.3 Å². The van der Waals surface area contributed by atoms with Gasteiger partial charge in [0.1, 0.15) is 0 Å². The van der Waals surface area contributed by atoms with Crippen molar-refractivity contribution >= 4 is 11.3 Å². The molecule has 0 bridgehead atoms. The standard InChI is InChI=1S/C11H19NOS/c1-3-11(13,4-2)9-12-8-10-6-5-7-14-10/h5-7,12-13H,3-4,8-9H2,1-2H3. The van der Waals surface area contributed by atoms with Crippen molar-refractivity contribution in [2.24, 2.45) is 0 Å². The lowest BCUT2D eigenvalue weighted by Gasteiger charge is -2.25. The molecule has 1 aromatic heterocycles. The van der Waals surface area contributed by atoms with E-state index in [0.29, 0.717) is 6.54 Å². The Kier molecular flexibility index (Phi) is 4.58. The molecule has 3 heteroatoms. The molecule has 1 rings (SSSR count). The minimum absolute atomic E-state index is 0.530. The third-order valence-corrected chi connectivity index (χ3v) is 3.53. The molecule has 0 atom stereocenters. The zero-order valence-electron chi connectivity index (χ0n) is 8.92. The number of nitrogens with one attached hydrogen (secondary N) is 1. The Balaban J connectivity index is 2.27. The Bertz CT molecular complexity index is 242. The second-order valence-corrected chi connectivity index (χ2v) is 4.65. The molecule has 1 aromatic rings. The molecule has 0 saturated heterocycles. The van der Waals surface area contributed by atoms with Crippen LogP contribution in [0.25, 0.3) is 0 Å². The van der Waals surface area contributed by atoms with Gasteiger partial charge in [-0.1, -0.05) is 19.9 Å². The Morgan fingerprint density at radius 3 is 2.64 bits per heavy atom. The molecule has 0 unspecified atom stereocenters. The summed E-state index contributed by atoms with van der Waals surface area (Å²) in [4.78, 5) is 1.32.